The maximum absolute atomic E-state index is 6.07. The van der Waals surface area contributed by atoms with Crippen molar-refractivity contribution in [1.29, 1.82) is 0 Å². The zero-order chi connectivity index (χ0) is 13.1. The fourth-order valence-electron chi connectivity index (χ4n) is 2.96. The molecule has 1 saturated carbocycles. The maximum atomic E-state index is 6.07. The Kier molecular flexibility index (Phi) is 4.97. The first-order chi connectivity index (χ1) is 8.61. The van der Waals surface area contributed by atoms with Crippen molar-refractivity contribution in [2.75, 3.05) is 11.9 Å². The molecule has 1 nitrogen and oxygen atoms in total. The van der Waals surface area contributed by atoms with Gasteiger partial charge in [-0.25, -0.2) is 0 Å². The molecule has 1 aliphatic carbocycles. The second-order valence-corrected chi connectivity index (χ2v) is 6.63. The second-order valence-electron chi connectivity index (χ2n) is 5.44. The van der Waals surface area contributed by atoms with Crippen molar-refractivity contribution in [3.8, 4) is 0 Å². The van der Waals surface area contributed by atoms with Crippen molar-refractivity contribution in [3.63, 3.8) is 0 Å². The van der Waals surface area contributed by atoms with Gasteiger partial charge in [-0.2, -0.15) is 0 Å². The van der Waals surface area contributed by atoms with Gasteiger partial charge < -0.3 is 4.90 Å². The second kappa shape index (κ2) is 6.29. The molecule has 2 atom stereocenters. The Bertz CT molecular complexity index is 407. The number of rotatable bonds is 3. The Balaban J connectivity index is 2.19. The van der Waals surface area contributed by atoms with Gasteiger partial charge in [0.25, 0.3) is 0 Å². The molecule has 0 amide bonds. The summed E-state index contributed by atoms with van der Waals surface area (Å²) in [5.41, 5.74) is 2.50. The summed E-state index contributed by atoms with van der Waals surface area (Å²) >= 11 is 9.58. The summed E-state index contributed by atoms with van der Waals surface area (Å²) in [6.07, 6.45) is 5.34. The zero-order valence-electron chi connectivity index (χ0n) is 11.1. The molecule has 0 bridgehead atoms. The molecule has 1 aromatic carbocycles. The van der Waals surface area contributed by atoms with Crippen LogP contribution < -0.4 is 4.90 Å². The summed E-state index contributed by atoms with van der Waals surface area (Å²) in [7, 11) is 2.21. The van der Waals surface area contributed by atoms with Gasteiger partial charge >= 0.3 is 0 Å². The summed E-state index contributed by atoms with van der Waals surface area (Å²) in [6.45, 7) is 2.37. The minimum atomic E-state index is 0.571. The fourth-order valence-corrected chi connectivity index (χ4v) is 3.58. The van der Waals surface area contributed by atoms with Crippen LogP contribution in [0.15, 0.2) is 22.7 Å². The van der Waals surface area contributed by atoms with Crippen LogP contribution in [-0.4, -0.2) is 13.1 Å². The Morgan fingerprint density at radius 3 is 2.83 bits per heavy atom. The standard InChI is InChI=1S/C15H21BrClN/c1-11-4-3-5-14(8-11)18(2)15-7-6-13(16)9-12(15)10-17/h6-7,9,11,14H,3-5,8,10H2,1-2H3. The van der Waals surface area contributed by atoms with E-state index < -0.39 is 0 Å². The first-order valence-electron chi connectivity index (χ1n) is 6.69. The van der Waals surface area contributed by atoms with E-state index in [1.54, 1.807) is 0 Å². The number of anilines is 1. The van der Waals surface area contributed by atoms with Gasteiger partial charge in [0, 0.05) is 29.1 Å². The third-order valence-corrected chi connectivity index (χ3v) is 4.80. The number of hydrogen-bond acceptors (Lipinski definition) is 1. The predicted octanol–water partition coefficient (Wildman–Crippen LogP) is 5.20. The fraction of sp³-hybridized carbons (Fsp3) is 0.600. The summed E-state index contributed by atoms with van der Waals surface area (Å²) in [6, 6.07) is 7.08. The lowest BCUT2D eigenvalue weighted by atomic mass is 9.86. The Labute approximate surface area is 124 Å². The highest BCUT2D eigenvalue weighted by Gasteiger charge is 2.23. The lowest BCUT2D eigenvalue weighted by Crippen LogP contribution is -2.36. The first-order valence-corrected chi connectivity index (χ1v) is 8.01. The molecular formula is C15H21BrClN. The molecule has 0 aliphatic heterocycles. The molecule has 3 heteroatoms. The van der Waals surface area contributed by atoms with E-state index in [0.717, 1.165) is 10.4 Å². The SMILES string of the molecule is CC1CCCC(N(C)c2ccc(Br)cc2CCl)C1. The number of benzene rings is 1. The molecular weight excluding hydrogens is 310 g/mol. The van der Waals surface area contributed by atoms with E-state index in [-0.39, 0.29) is 0 Å². The van der Waals surface area contributed by atoms with Gasteiger partial charge in [0.2, 0.25) is 0 Å². The number of alkyl halides is 1. The highest BCUT2D eigenvalue weighted by atomic mass is 79.9. The van der Waals surface area contributed by atoms with Crippen LogP contribution in [0.4, 0.5) is 5.69 Å². The van der Waals surface area contributed by atoms with Crippen molar-refractivity contribution in [3.05, 3.63) is 28.2 Å². The molecule has 0 heterocycles. The van der Waals surface area contributed by atoms with Crippen LogP contribution >= 0.6 is 27.5 Å². The zero-order valence-corrected chi connectivity index (χ0v) is 13.5. The quantitative estimate of drug-likeness (QED) is 0.688. The summed E-state index contributed by atoms with van der Waals surface area (Å²) in [4.78, 5) is 2.43. The smallest absolute Gasteiger partial charge is 0.0494 e. The molecule has 18 heavy (non-hydrogen) atoms. The van der Waals surface area contributed by atoms with Crippen molar-refractivity contribution >= 4 is 33.2 Å². The Hall–Kier alpha value is -0.210. The molecule has 0 N–H and O–H groups in total. The van der Waals surface area contributed by atoms with Crippen LogP contribution in [0.3, 0.4) is 0 Å². The third kappa shape index (κ3) is 3.21. The monoisotopic (exact) mass is 329 g/mol. The van der Waals surface area contributed by atoms with Crippen molar-refractivity contribution < 1.29 is 0 Å². The van der Waals surface area contributed by atoms with Crippen LogP contribution in [0.5, 0.6) is 0 Å². The van der Waals surface area contributed by atoms with E-state index in [9.17, 15) is 0 Å². The molecule has 1 aliphatic rings. The van der Waals surface area contributed by atoms with Crippen LogP contribution in [0, 0.1) is 5.92 Å². The van der Waals surface area contributed by atoms with Gasteiger partial charge in [0.05, 0.1) is 0 Å². The van der Waals surface area contributed by atoms with E-state index in [1.165, 1.54) is 36.9 Å². The highest BCUT2D eigenvalue weighted by molar-refractivity contribution is 9.10. The average Bonchev–Trinajstić information content (AvgIpc) is 2.37. The Morgan fingerprint density at radius 1 is 1.39 bits per heavy atom. The largest absolute Gasteiger partial charge is 0.371 e. The third-order valence-electron chi connectivity index (χ3n) is 4.02. The summed E-state index contributed by atoms with van der Waals surface area (Å²) in [5, 5.41) is 0. The number of hydrogen-bond donors (Lipinski definition) is 0. The summed E-state index contributed by atoms with van der Waals surface area (Å²) in [5.74, 6) is 1.42. The van der Waals surface area contributed by atoms with E-state index in [2.05, 4.69) is 53.0 Å². The predicted molar refractivity (Wildman–Crippen MR) is 83.5 cm³/mol. The Morgan fingerprint density at radius 2 is 2.17 bits per heavy atom. The van der Waals surface area contributed by atoms with Crippen molar-refractivity contribution in [2.24, 2.45) is 5.92 Å². The molecule has 2 rings (SSSR count). The van der Waals surface area contributed by atoms with Crippen molar-refractivity contribution in [1.82, 2.24) is 0 Å². The number of nitrogens with zero attached hydrogens (tertiary/aromatic N) is 1. The van der Waals surface area contributed by atoms with Gasteiger partial charge in [0.1, 0.15) is 0 Å². The van der Waals surface area contributed by atoms with Gasteiger partial charge in [-0.3, -0.25) is 0 Å². The topological polar surface area (TPSA) is 3.24 Å². The molecule has 2 unspecified atom stereocenters. The molecule has 1 aromatic rings. The molecule has 1 fully saturated rings. The van der Waals surface area contributed by atoms with Crippen LogP contribution in [0.25, 0.3) is 0 Å². The lowest BCUT2D eigenvalue weighted by Gasteiger charge is -2.36. The molecule has 0 spiro atoms. The summed E-state index contributed by atoms with van der Waals surface area (Å²) < 4.78 is 1.10. The lowest BCUT2D eigenvalue weighted by molar-refractivity contribution is 0.336. The maximum Gasteiger partial charge on any atom is 0.0494 e. The minimum absolute atomic E-state index is 0.571. The average molecular weight is 331 g/mol. The first kappa shape index (κ1) is 14.2. The van der Waals surface area contributed by atoms with Crippen LogP contribution in [-0.2, 0) is 5.88 Å². The molecule has 0 aromatic heterocycles. The van der Waals surface area contributed by atoms with Crippen molar-refractivity contribution in [2.45, 2.75) is 44.5 Å². The van der Waals surface area contributed by atoms with Gasteiger partial charge in [0.15, 0.2) is 0 Å². The van der Waals surface area contributed by atoms with Gasteiger partial charge in [-0.15, -0.1) is 11.6 Å². The minimum Gasteiger partial charge on any atom is -0.371 e. The molecule has 0 radical (unpaired) electrons. The molecule has 0 saturated heterocycles. The number of halogens is 2. The normalized spacial score (nSPS) is 24.0. The van der Waals surface area contributed by atoms with E-state index in [4.69, 9.17) is 11.6 Å². The van der Waals surface area contributed by atoms with E-state index in [0.29, 0.717) is 11.9 Å². The van der Waals surface area contributed by atoms with Crippen LogP contribution in [0.2, 0.25) is 0 Å². The van der Waals surface area contributed by atoms with Crippen LogP contribution in [0.1, 0.15) is 38.2 Å². The molecule has 100 valence electrons. The van der Waals surface area contributed by atoms with Gasteiger partial charge in [-0.05, 0) is 42.5 Å². The van der Waals surface area contributed by atoms with E-state index in [1.807, 2.05) is 0 Å². The highest BCUT2D eigenvalue weighted by Crippen LogP contribution is 2.32. The van der Waals surface area contributed by atoms with E-state index >= 15 is 0 Å². The van der Waals surface area contributed by atoms with Gasteiger partial charge in [-0.1, -0.05) is 35.7 Å².